The Morgan fingerprint density at radius 2 is 1.90 bits per heavy atom. The third-order valence-electron chi connectivity index (χ3n) is 3.91. The summed E-state index contributed by atoms with van der Waals surface area (Å²) in [7, 11) is 3.02. The van der Waals surface area contributed by atoms with E-state index in [0.717, 1.165) is 11.3 Å². The van der Waals surface area contributed by atoms with Crippen molar-refractivity contribution in [3.05, 3.63) is 53.6 Å². The highest BCUT2D eigenvalue weighted by Gasteiger charge is 2.16. The Kier molecular flexibility index (Phi) is 7.26. The molecule has 0 radical (unpaired) electrons. The summed E-state index contributed by atoms with van der Waals surface area (Å²) >= 11 is 2.44. The zero-order valence-corrected chi connectivity index (χ0v) is 18.2. The van der Waals surface area contributed by atoms with Crippen molar-refractivity contribution < 1.29 is 19.1 Å². The van der Waals surface area contributed by atoms with Gasteiger partial charge in [0, 0.05) is 11.8 Å². The fraction of sp³-hybridized carbons (Fsp3) is 0.200. The minimum atomic E-state index is -0.376. The lowest BCUT2D eigenvalue weighted by Crippen LogP contribution is -2.13. The lowest BCUT2D eigenvalue weighted by atomic mass is 10.2. The second-order valence-electron chi connectivity index (χ2n) is 6.10. The van der Waals surface area contributed by atoms with Crippen molar-refractivity contribution in [2.75, 3.05) is 30.6 Å². The fourth-order valence-corrected chi connectivity index (χ4v) is 4.06. The molecule has 10 heteroatoms. The average molecular weight is 445 g/mol. The van der Waals surface area contributed by atoms with Gasteiger partial charge in [0.05, 0.1) is 25.5 Å². The number of carbonyl (C=O) groups excluding carboxylic acids is 2. The number of rotatable bonds is 8. The fourth-order valence-electron chi connectivity index (χ4n) is 2.52. The molecule has 1 heterocycles. The van der Waals surface area contributed by atoms with Crippen LogP contribution < -0.4 is 20.1 Å². The van der Waals surface area contributed by atoms with E-state index in [1.807, 2.05) is 31.2 Å². The first kappa shape index (κ1) is 21.6. The normalized spacial score (nSPS) is 10.4. The predicted molar refractivity (Wildman–Crippen MR) is 118 cm³/mol. The van der Waals surface area contributed by atoms with E-state index in [2.05, 4.69) is 20.8 Å². The van der Waals surface area contributed by atoms with Gasteiger partial charge in [-0.15, -0.1) is 10.2 Å². The van der Waals surface area contributed by atoms with Gasteiger partial charge in [0.25, 0.3) is 5.91 Å². The van der Waals surface area contributed by atoms with Gasteiger partial charge in [-0.05, 0) is 36.8 Å². The number of aryl methyl sites for hydroxylation is 1. The summed E-state index contributed by atoms with van der Waals surface area (Å²) in [4.78, 5) is 24.7. The van der Waals surface area contributed by atoms with E-state index in [-0.39, 0.29) is 17.6 Å². The smallest absolute Gasteiger partial charge is 0.261 e. The Balaban J connectivity index is 1.56. The lowest BCUT2D eigenvalue weighted by Gasteiger charge is -2.09. The number of hydrogen-bond acceptors (Lipinski definition) is 8. The summed E-state index contributed by atoms with van der Waals surface area (Å²) in [6.45, 7) is 1.96. The predicted octanol–water partition coefficient (Wildman–Crippen LogP) is 3.85. The number of aromatic nitrogens is 2. The Morgan fingerprint density at radius 1 is 1.07 bits per heavy atom. The van der Waals surface area contributed by atoms with Crippen molar-refractivity contribution in [2.45, 2.75) is 11.3 Å². The van der Waals surface area contributed by atoms with Crippen LogP contribution >= 0.6 is 23.1 Å². The SMILES string of the molecule is COc1ccc(C(=O)Nc2nnc(SCC(=O)Nc3cccc(C)c3)s2)c(OC)c1. The van der Waals surface area contributed by atoms with Crippen molar-refractivity contribution in [3.63, 3.8) is 0 Å². The first-order valence-corrected chi connectivity index (χ1v) is 10.6. The number of carbonyl (C=O) groups is 2. The van der Waals surface area contributed by atoms with E-state index in [1.165, 1.54) is 37.3 Å². The van der Waals surface area contributed by atoms with Crippen LogP contribution in [0.4, 0.5) is 10.8 Å². The van der Waals surface area contributed by atoms with Crippen LogP contribution in [-0.4, -0.2) is 42.0 Å². The Bertz CT molecular complexity index is 1050. The third-order valence-corrected chi connectivity index (χ3v) is 5.88. The average Bonchev–Trinajstić information content (AvgIpc) is 3.19. The number of nitrogens with one attached hydrogen (secondary N) is 2. The van der Waals surface area contributed by atoms with Gasteiger partial charge in [-0.25, -0.2) is 0 Å². The van der Waals surface area contributed by atoms with Crippen LogP contribution in [0.15, 0.2) is 46.8 Å². The molecule has 0 unspecified atom stereocenters. The largest absolute Gasteiger partial charge is 0.497 e. The zero-order valence-electron chi connectivity index (χ0n) is 16.6. The number of benzene rings is 2. The number of methoxy groups -OCH3 is 2. The molecule has 2 aromatic carbocycles. The second-order valence-corrected chi connectivity index (χ2v) is 8.30. The second kappa shape index (κ2) is 10.1. The Labute approximate surface area is 182 Å². The molecule has 2 amide bonds. The van der Waals surface area contributed by atoms with Gasteiger partial charge in [0.1, 0.15) is 11.5 Å². The summed E-state index contributed by atoms with van der Waals surface area (Å²) in [6.07, 6.45) is 0. The molecule has 0 saturated heterocycles. The van der Waals surface area contributed by atoms with E-state index >= 15 is 0 Å². The standard InChI is InChI=1S/C20H20N4O4S2/c1-12-5-4-6-13(9-12)21-17(25)11-29-20-24-23-19(30-20)22-18(26)15-8-7-14(27-2)10-16(15)28-3/h4-10H,11H2,1-3H3,(H,21,25)(H,22,23,26). The minimum Gasteiger partial charge on any atom is -0.497 e. The number of anilines is 2. The number of hydrogen-bond donors (Lipinski definition) is 2. The van der Waals surface area contributed by atoms with E-state index in [1.54, 1.807) is 18.2 Å². The van der Waals surface area contributed by atoms with Gasteiger partial charge in [0.2, 0.25) is 11.0 Å². The highest BCUT2D eigenvalue weighted by Crippen LogP contribution is 2.28. The van der Waals surface area contributed by atoms with Crippen molar-refractivity contribution in [1.82, 2.24) is 10.2 Å². The molecule has 2 N–H and O–H groups in total. The number of thioether (sulfide) groups is 1. The highest BCUT2D eigenvalue weighted by molar-refractivity contribution is 8.01. The molecule has 8 nitrogen and oxygen atoms in total. The molecule has 3 aromatic rings. The molecule has 30 heavy (non-hydrogen) atoms. The molecule has 0 fully saturated rings. The molecule has 0 aliphatic rings. The van der Waals surface area contributed by atoms with E-state index in [9.17, 15) is 9.59 Å². The third kappa shape index (κ3) is 5.71. The van der Waals surface area contributed by atoms with Crippen LogP contribution in [0.3, 0.4) is 0 Å². The van der Waals surface area contributed by atoms with Gasteiger partial charge < -0.3 is 14.8 Å². The monoisotopic (exact) mass is 444 g/mol. The van der Waals surface area contributed by atoms with Gasteiger partial charge in [-0.3, -0.25) is 14.9 Å². The summed E-state index contributed by atoms with van der Waals surface area (Å²) in [5.74, 6) is 0.637. The maximum Gasteiger partial charge on any atom is 0.261 e. The molecule has 0 spiro atoms. The van der Waals surface area contributed by atoms with Crippen molar-refractivity contribution >= 4 is 45.7 Å². The number of nitrogens with zero attached hydrogens (tertiary/aromatic N) is 2. The van der Waals surface area contributed by atoms with Crippen molar-refractivity contribution in [2.24, 2.45) is 0 Å². The summed E-state index contributed by atoms with van der Waals surface area (Å²) in [5.41, 5.74) is 2.16. The molecule has 0 aliphatic carbocycles. The van der Waals surface area contributed by atoms with Crippen LogP contribution in [0.25, 0.3) is 0 Å². The lowest BCUT2D eigenvalue weighted by molar-refractivity contribution is -0.113. The van der Waals surface area contributed by atoms with Crippen LogP contribution in [0.2, 0.25) is 0 Å². The quantitative estimate of drug-likeness (QED) is 0.402. The van der Waals surface area contributed by atoms with Crippen LogP contribution in [-0.2, 0) is 4.79 Å². The molecule has 0 saturated carbocycles. The summed E-state index contributed by atoms with van der Waals surface area (Å²) in [6, 6.07) is 12.5. The van der Waals surface area contributed by atoms with Crippen molar-refractivity contribution in [1.29, 1.82) is 0 Å². The highest BCUT2D eigenvalue weighted by atomic mass is 32.2. The molecule has 1 aromatic heterocycles. The molecule has 3 rings (SSSR count). The maximum absolute atomic E-state index is 12.5. The molecular weight excluding hydrogens is 424 g/mol. The zero-order chi connectivity index (χ0) is 21.5. The summed E-state index contributed by atoms with van der Waals surface area (Å²) < 4.78 is 11.0. The van der Waals surface area contributed by atoms with Crippen LogP contribution in [0.5, 0.6) is 11.5 Å². The van der Waals surface area contributed by atoms with Gasteiger partial charge in [-0.1, -0.05) is 35.2 Å². The minimum absolute atomic E-state index is 0.144. The first-order chi connectivity index (χ1) is 14.5. The van der Waals surface area contributed by atoms with E-state index in [0.29, 0.717) is 26.5 Å². The van der Waals surface area contributed by atoms with Gasteiger partial charge in [-0.2, -0.15) is 0 Å². The molecule has 0 atom stereocenters. The molecule has 0 bridgehead atoms. The van der Waals surface area contributed by atoms with Gasteiger partial charge >= 0.3 is 0 Å². The Morgan fingerprint density at radius 3 is 2.63 bits per heavy atom. The summed E-state index contributed by atoms with van der Waals surface area (Å²) in [5, 5.41) is 13.8. The maximum atomic E-state index is 12.5. The van der Waals surface area contributed by atoms with E-state index < -0.39 is 0 Å². The van der Waals surface area contributed by atoms with Crippen LogP contribution in [0.1, 0.15) is 15.9 Å². The number of amides is 2. The Hall–Kier alpha value is -3.11. The molecule has 0 aliphatic heterocycles. The van der Waals surface area contributed by atoms with Gasteiger partial charge in [0.15, 0.2) is 4.34 Å². The van der Waals surface area contributed by atoms with Crippen LogP contribution in [0, 0.1) is 6.92 Å². The van der Waals surface area contributed by atoms with Crippen molar-refractivity contribution in [3.8, 4) is 11.5 Å². The molecule has 156 valence electrons. The van der Waals surface area contributed by atoms with E-state index in [4.69, 9.17) is 9.47 Å². The topological polar surface area (TPSA) is 102 Å². The molecular formula is C20H20N4O4S2. The first-order valence-electron chi connectivity index (χ1n) is 8.84. The number of ether oxygens (including phenoxy) is 2.